The molecule has 0 spiro atoms. The molecule has 3 rings (SSSR count). The fraction of sp³-hybridized carbons (Fsp3) is 0.368. The Morgan fingerprint density at radius 1 is 1.19 bits per heavy atom. The van der Waals surface area contributed by atoms with Crippen LogP contribution < -0.4 is 16.0 Å². The molecule has 27 heavy (non-hydrogen) atoms. The van der Waals surface area contributed by atoms with Crippen molar-refractivity contribution >= 4 is 39.9 Å². The minimum absolute atomic E-state index is 0.0582. The van der Waals surface area contributed by atoms with E-state index >= 15 is 0 Å². The predicted octanol–water partition coefficient (Wildman–Crippen LogP) is 3.59. The average Bonchev–Trinajstić information content (AvgIpc) is 3.27. The summed E-state index contributed by atoms with van der Waals surface area (Å²) in [6.07, 6.45) is 4.42. The van der Waals surface area contributed by atoms with Crippen LogP contribution in [0.2, 0.25) is 0 Å². The zero-order valence-corrected chi connectivity index (χ0v) is 15.9. The molecule has 0 radical (unpaired) electrons. The van der Waals surface area contributed by atoms with Gasteiger partial charge in [-0.1, -0.05) is 25.0 Å². The lowest BCUT2D eigenvalue weighted by Gasteiger charge is -2.11. The highest BCUT2D eigenvalue weighted by molar-refractivity contribution is 7.13. The van der Waals surface area contributed by atoms with Crippen LogP contribution in [0.3, 0.4) is 0 Å². The molecular weight excluding hydrogens is 364 g/mol. The first-order chi connectivity index (χ1) is 13.0. The molecule has 3 amide bonds. The molecule has 1 aromatic carbocycles. The number of amides is 3. The molecule has 1 fully saturated rings. The maximum atomic E-state index is 12.2. The summed E-state index contributed by atoms with van der Waals surface area (Å²) >= 11 is 1.28. The number of nitrogens with one attached hydrogen (secondary N) is 3. The van der Waals surface area contributed by atoms with Crippen LogP contribution >= 0.6 is 11.3 Å². The van der Waals surface area contributed by atoms with E-state index in [1.807, 2.05) is 0 Å². The van der Waals surface area contributed by atoms with Crippen LogP contribution in [-0.2, 0) is 11.2 Å². The van der Waals surface area contributed by atoms with Crippen LogP contribution in [0.1, 0.15) is 48.7 Å². The van der Waals surface area contributed by atoms with Crippen LogP contribution in [0.5, 0.6) is 0 Å². The second-order valence-corrected chi connectivity index (χ2v) is 7.44. The molecule has 0 bridgehead atoms. The van der Waals surface area contributed by atoms with Gasteiger partial charge in [0, 0.05) is 22.7 Å². The molecule has 0 unspecified atom stereocenters. The summed E-state index contributed by atoms with van der Waals surface area (Å²) in [5.41, 5.74) is 1.69. The van der Waals surface area contributed by atoms with Gasteiger partial charge in [0.25, 0.3) is 0 Å². The first-order valence-corrected chi connectivity index (χ1v) is 9.80. The highest BCUT2D eigenvalue weighted by atomic mass is 32.1. The van der Waals surface area contributed by atoms with Gasteiger partial charge < -0.3 is 10.6 Å². The lowest BCUT2D eigenvalue weighted by atomic mass is 10.1. The van der Waals surface area contributed by atoms with E-state index in [0.29, 0.717) is 22.1 Å². The van der Waals surface area contributed by atoms with E-state index in [1.165, 1.54) is 18.3 Å². The van der Waals surface area contributed by atoms with E-state index in [9.17, 15) is 14.4 Å². The molecule has 2 aromatic rings. The molecule has 1 saturated carbocycles. The van der Waals surface area contributed by atoms with E-state index in [0.717, 1.165) is 25.7 Å². The van der Waals surface area contributed by atoms with Gasteiger partial charge in [0.05, 0.1) is 12.1 Å². The van der Waals surface area contributed by atoms with Crippen molar-refractivity contribution in [1.29, 1.82) is 0 Å². The standard InChI is InChI=1S/C19H22N4O3S/c1-12(24)13-5-4-8-15(9-13)20-17(25)10-16-11-27-19(22-16)23-18(26)21-14-6-2-3-7-14/h4-5,8-9,11,14H,2-3,6-7,10H2,1H3,(H,20,25)(H2,21,22,23,26). The molecule has 1 heterocycles. The molecule has 7 nitrogen and oxygen atoms in total. The van der Waals surface area contributed by atoms with Crippen molar-refractivity contribution in [3.05, 3.63) is 40.9 Å². The number of rotatable bonds is 6. The quantitative estimate of drug-likeness (QED) is 0.661. The van der Waals surface area contributed by atoms with Crippen LogP contribution in [0.4, 0.5) is 15.6 Å². The third-order valence-corrected chi connectivity index (χ3v) is 5.16. The maximum absolute atomic E-state index is 12.2. The maximum Gasteiger partial charge on any atom is 0.321 e. The van der Waals surface area contributed by atoms with Crippen LogP contribution in [0, 0.1) is 0 Å². The van der Waals surface area contributed by atoms with Gasteiger partial charge in [0.1, 0.15) is 0 Å². The van der Waals surface area contributed by atoms with Crippen molar-refractivity contribution in [3.63, 3.8) is 0 Å². The Hall–Kier alpha value is -2.74. The van der Waals surface area contributed by atoms with Gasteiger partial charge in [-0.25, -0.2) is 9.78 Å². The molecule has 142 valence electrons. The van der Waals surface area contributed by atoms with Crippen molar-refractivity contribution in [1.82, 2.24) is 10.3 Å². The number of hydrogen-bond donors (Lipinski definition) is 3. The predicted molar refractivity (Wildman–Crippen MR) is 105 cm³/mol. The number of aromatic nitrogens is 1. The van der Waals surface area contributed by atoms with Gasteiger partial charge in [0.2, 0.25) is 5.91 Å². The number of Topliss-reactive ketones (excluding diaryl/α,β-unsaturated/α-hetero) is 1. The topological polar surface area (TPSA) is 100 Å². The normalized spacial score (nSPS) is 14.0. The number of hydrogen-bond acceptors (Lipinski definition) is 5. The Bertz CT molecular complexity index is 843. The summed E-state index contributed by atoms with van der Waals surface area (Å²) in [6.45, 7) is 1.48. The third kappa shape index (κ3) is 5.62. The second kappa shape index (κ2) is 8.77. The van der Waals surface area contributed by atoms with E-state index in [2.05, 4.69) is 20.9 Å². The lowest BCUT2D eigenvalue weighted by Crippen LogP contribution is -2.36. The minimum Gasteiger partial charge on any atom is -0.335 e. The van der Waals surface area contributed by atoms with Gasteiger partial charge in [-0.2, -0.15) is 0 Å². The lowest BCUT2D eigenvalue weighted by molar-refractivity contribution is -0.115. The van der Waals surface area contributed by atoms with Crippen LogP contribution in [0.25, 0.3) is 0 Å². The monoisotopic (exact) mass is 386 g/mol. The first kappa shape index (κ1) is 19.0. The Balaban J connectivity index is 1.50. The Morgan fingerprint density at radius 2 is 1.96 bits per heavy atom. The number of thiazole rings is 1. The Labute approximate surface area is 161 Å². The molecule has 1 aliphatic carbocycles. The number of anilines is 2. The zero-order chi connectivity index (χ0) is 19.2. The molecular formula is C19H22N4O3S. The summed E-state index contributed by atoms with van der Waals surface area (Å²) in [6, 6.07) is 6.77. The van der Waals surface area contributed by atoms with E-state index in [-0.39, 0.29) is 30.2 Å². The number of carbonyl (C=O) groups is 3. The number of nitrogens with zero attached hydrogens (tertiary/aromatic N) is 1. The zero-order valence-electron chi connectivity index (χ0n) is 15.1. The Kier molecular flexibility index (Phi) is 6.18. The summed E-state index contributed by atoms with van der Waals surface area (Å²) in [4.78, 5) is 39.9. The van der Waals surface area contributed by atoms with Crippen LogP contribution in [-0.4, -0.2) is 28.7 Å². The van der Waals surface area contributed by atoms with E-state index in [1.54, 1.807) is 29.6 Å². The van der Waals surface area contributed by atoms with Crippen molar-refractivity contribution in [3.8, 4) is 0 Å². The third-order valence-electron chi connectivity index (χ3n) is 4.36. The molecule has 3 N–H and O–H groups in total. The molecule has 0 aliphatic heterocycles. The highest BCUT2D eigenvalue weighted by Gasteiger charge is 2.18. The number of carbonyl (C=O) groups excluding carboxylic acids is 3. The van der Waals surface area contributed by atoms with Gasteiger partial charge in [-0.15, -0.1) is 11.3 Å². The molecule has 0 saturated heterocycles. The number of benzene rings is 1. The summed E-state index contributed by atoms with van der Waals surface area (Å²) in [5, 5.41) is 10.6. The average molecular weight is 386 g/mol. The summed E-state index contributed by atoms with van der Waals surface area (Å²) in [7, 11) is 0. The van der Waals surface area contributed by atoms with Crippen molar-refractivity contribution in [2.75, 3.05) is 10.6 Å². The summed E-state index contributed by atoms with van der Waals surface area (Å²) < 4.78 is 0. The van der Waals surface area contributed by atoms with E-state index in [4.69, 9.17) is 0 Å². The largest absolute Gasteiger partial charge is 0.335 e. The van der Waals surface area contributed by atoms with Crippen LogP contribution in [0.15, 0.2) is 29.6 Å². The molecule has 8 heteroatoms. The first-order valence-electron chi connectivity index (χ1n) is 8.92. The van der Waals surface area contributed by atoms with Crippen molar-refractivity contribution in [2.45, 2.75) is 45.1 Å². The van der Waals surface area contributed by atoms with E-state index < -0.39 is 0 Å². The van der Waals surface area contributed by atoms with Gasteiger partial charge in [-0.3, -0.25) is 14.9 Å². The van der Waals surface area contributed by atoms with Gasteiger partial charge >= 0.3 is 6.03 Å². The molecule has 1 aliphatic rings. The number of urea groups is 1. The van der Waals surface area contributed by atoms with Gasteiger partial charge in [-0.05, 0) is 31.9 Å². The molecule has 0 atom stereocenters. The van der Waals surface area contributed by atoms with Crippen molar-refractivity contribution < 1.29 is 14.4 Å². The second-order valence-electron chi connectivity index (χ2n) is 6.59. The smallest absolute Gasteiger partial charge is 0.321 e. The summed E-state index contributed by atoms with van der Waals surface area (Å²) in [5.74, 6) is -0.292. The fourth-order valence-electron chi connectivity index (χ4n) is 3.02. The highest BCUT2D eigenvalue weighted by Crippen LogP contribution is 2.19. The van der Waals surface area contributed by atoms with Crippen molar-refractivity contribution in [2.24, 2.45) is 0 Å². The SMILES string of the molecule is CC(=O)c1cccc(NC(=O)Cc2csc(NC(=O)NC3CCCC3)n2)c1. The fourth-order valence-corrected chi connectivity index (χ4v) is 3.73. The minimum atomic E-state index is -0.256. The number of ketones is 1. The molecule has 1 aromatic heterocycles. The Morgan fingerprint density at radius 3 is 2.70 bits per heavy atom. The van der Waals surface area contributed by atoms with Gasteiger partial charge in [0.15, 0.2) is 10.9 Å².